The summed E-state index contributed by atoms with van der Waals surface area (Å²) in [4.78, 5) is 10.4. The van der Waals surface area contributed by atoms with Gasteiger partial charge in [-0.1, -0.05) is 0 Å². The van der Waals surface area contributed by atoms with Crippen LogP contribution in [0.4, 0.5) is 0 Å². The summed E-state index contributed by atoms with van der Waals surface area (Å²) in [5.41, 5.74) is 3.46. The van der Waals surface area contributed by atoms with E-state index in [1.165, 1.54) is 0 Å². The Morgan fingerprint density at radius 1 is 1.92 bits per heavy atom. The molecule has 12 heavy (non-hydrogen) atoms. The van der Waals surface area contributed by atoms with Crippen LogP contribution in [0.2, 0.25) is 0 Å². The first-order chi connectivity index (χ1) is 5.70. The molecule has 0 spiro atoms. The van der Waals surface area contributed by atoms with Crippen LogP contribution in [0.3, 0.4) is 0 Å². The van der Waals surface area contributed by atoms with E-state index in [0.717, 1.165) is 5.70 Å². The van der Waals surface area contributed by atoms with Gasteiger partial charge in [0.05, 0.1) is 18.5 Å². The zero-order chi connectivity index (χ0) is 8.97. The van der Waals surface area contributed by atoms with E-state index in [0.29, 0.717) is 6.54 Å². The maximum Gasteiger partial charge on any atom is 0.325 e. The summed E-state index contributed by atoms with van der Waals surface area (Å²) in [5.74, 6) is -0.872. The number of carboxylic acids is 1. The summed E-state index contributed by atoms with van der Waals surface area (Å²) in [5, 5.41) is 15.1. The first kappa shape index (κ1) is 8.58. The molecule has 0 saturated heterocycles. The molecule has 0 aromatic heterocycles. The van der Waals surface area contributed by atoms with Gasteiger partial charge < -0.3 is 15.8 Å². The minimum atomic E-state index is -0.872. The van der Waals surface area contributed by atoms with Crippen molar-refractivity contribution in [2.24, 2.45) is 5.10 Å². The van der Waals surface area contributed by atoms with Crippen LogP contribution in [0, 0.1) is 0 Å². The van der Waals surface area contributed by atoms with E-state index in [2.05, 4.69) is 15.8 Å². The molecule has 1 rings (SSSR count). The average molecular weight is 169 g/mol. The molecule has 5 heteroatoms. The van der Waals surface area contributed by atoms with Gasteiger partial charge in [0, 0.05) is 0 Å². The van der Waals surface area contributed by atoms with Gasteiger partial charge >= 0.3 is 5.97 Å². The Hall–Kier alpha value is -1.52. The third kappa shape index (κ3) is 2.26. The maximum absolute atomic E-state index is 10.4. The van der Waals surface area contributed by atoms with Gasteiger partial charge in [-0.2, -0.15) is 5.10 Å². The molecular formula is C7H11N3O2. The largest absolute Gasteiger partial charge is 0.480 e. The smallest absolute Gasteiger partial charge is 0.325 e. The van der Waals surface area contributed by atoms with Crippen LogP contribution in [0.25, 0.3) is 0 Å². The van der Waals surface area contributed by atoms with Gasteiger partial charge in [0.15, 0.2) is 0 Å². The van der Waals surface area contributed by atoms with Crippen molar-refractivity contribution in [1.82, 2.24) is 10.7 Å². The minimum absolute atomic E-state index is 0.583. The molecule has 66 valence electrons. The molecule has 0 bridgehead atoms. The molecule has 0 aromatic rings. The third-order valence-electron chi connectivity index (χ3n) is 1.46. The number of carboxylic acid groups (broad SMARTS) is 1. The van der Waals surface area contributed by atoms with Crippen molar-refractivity contribution in [3.63, 3.8) is 0 Å². The van der Waals surface area contributed by atoms with Crippen molar-refractivity contribution in [3.05, 3.63) is 11.8 Å². The van der Waals surface area contributed by atoms with E-state index in [4.69, 9.17) is 5.11 Å². The van der Waals surface area contributed by atoms with Gasteiger partial charge in [-0.25, -0.2) is 0 Å². The highest BCUT2D eigenvalue weighted by molar-refractivity contribution is 5.81. The van der Waals surface area contributed by atoms with Crippen molar-refractivity contribution in [1.29, 1.82) is 0 Å². The summed E-state index contributed by atoms with van der Waals surface area (Å²) >= 11 is 0. The van der Waals surface area contributed by atoms with Crippen LogP contribution in [-0.4, -0.2) is 29.9 Å². The molecule has 1 aliphatic rings. The number of nitrogens with zero attached hydrogens (tertiary/aromatic N) is 1. The first-order valence-corrected chi connectivity index (χ1v) is 3.65. The number of rotatable bonds is 3. The predicted molar refractivity (Wildman–Crippen MR) is 44.8 cm³/mol. The van der Waals surface area contributed by atoms with Gasteiger partial charge in [-0.15, -0.1) is 0 Å². The van der Waals surface area contributed by atoms with Crippen LogP contribution in [-0.2, 0) is 4.79 Å². The summed E-state index contributed by atoms with van der Waals surface area (Å²) in [6.45, 7) is 2.21. The molecule has 5 nitrogen and oxygen atoms in total. The number of carbonyl (C=O) groups is 1. The molecule has 0 aliphatic carbocycles. The Bertz CT molecular complexity index is 235. The molecule has 0 radical (unpaired) electrons. The van der Waals surface area contributed by atoms with Crippen molar-refractivity contribution >= 4 is 12.2 Å². The number of hydrazone groups is 1. The Balaban J connectivity index is 2.45. The van der Waals surface area contributed by atoms with Crippen molar-refractivity contribution in [2.75, 3.05) is 6.54 Å². The van der Waals surface area contributed by atoms with Crippen LogP contribution in [0.5, 0.6) is 0 Å². The number of hydrogen-bond donors (Lipinski definition) is 3. The predicted octanol–water partition coefficient (Wildman–Crippen LogP) is -0.478. The second-order valence-corrected chi connectivity index (χ2v) is 2.48. The Morgan fingerprint density at radius 2 is 2.67 bits per heavy atom. The normalized spacial score (nSPS) is 17.6. The van der Waals surface area contributed by atoms with Crippen LogP contribution >= 0.6 is 0 Å². The summed E-state index contributed by atoms with van der Waals surface area (Å²) < 4.78 is 0. The number of nitrogens with one attached hydrogen (secondary N) is 2. The SMILES string of the molecule is C[C@H](NC1=CCNN=C1)C(=O)O. The summed E-state index contributed by atoms with van der Waals surface area (Å²) in [6.07, 6.45) is 3.40. The summed E-state index contributed by atoms with van der Waals surface area (Å²) in [6, 6.07) is -0.583. The first-order valence-electron chi connectivity index (χ1n) is 3.65. The fourth-order valence-electron chi connectivity index (χ4n) is 0.784. The van der Waals surface area contributed by atoms with Crippen molar-refractivity contribution < 1.29 is 9.90 Å². The number of aliphatic carboxylic acids is 1. The van der Waals surface area contributed by atoms with Crippen molar-refractivity contribution in [3.8, 4) is 0 Å². The maximum atomic E-state index is 10.4. The highest BCUT2D eigenvalue weighted by Crippen LogP contribution is 1.92. The highest BCUT2D eigenvalue weighted by atomic mass is 16.4. The van der Waals surface area contributed by atoms with Gasteiger partial charge in [0.25, 0.3) is 0 Å². The quantitative estimate of drug-likeness (QED) is 0.533. The lowest BCUT2D eigenvalue weighted by atomic mass is 10.3. The monoisotopic (exact) mass is 169 g/mol. The molecule has 1 aliphatic heterocycles. The van der Waals surface area contributed by atoms with Crippen LogP contribution < -0.4 is 10.7 Å². The van der Waals surface area contributed by atoms with Gasteiger partial charge in [0.2, 0.25) is 0 Å². The molecule has 1 heterocycles. The zero-order valence-electron chi connectivity index (χ0n) is 6.74. The van der Waals surface area contributed by atoms with Gasteiger partial charge in [-0.3, -0.25) is 4.79 Å². The Kier molecular flexibility index (Phi) is 2.68. The Morgan fingerprint density at radius 3 is 3.17 bits per heavy atom. The van der Waals surface area contributed by atoms with E-state index in [-0.39, 0.29) is 0 Å². The molecule has 0 fully saturated rings. The Labute approximate surface area is 70.2 Å². The number of allylic oxidation sites excluding steroid dienone is 1. The lowest BCUT2D eigenvalue weighted by Crippen LogP contribution is -2.35. The second-order valence-electron chi connectivity index (χ2n) is 2.48. The zero-order valence-corrected chi connectivity index (χ0v) is 6.74. The van der Waals surface area contributed by atoms with E-state index >= 15 is 0 Å². The van der Waals surface area contributed by atoms with Gasteiger partial charge in [0.1, 0.15) is 6.04 Å². The van der Waals surface area contributed by atoms with Crippen molar-refractivity contribution in [2.45, 2.75) is 13.0 Å². The molecule has 0 unspecified atom stereocenters. The fourth-order valence-corrected chi connectivity index (χ4v) is 0.784. The van der Waals surface area contributed by atoms with Gasteiger partial charge in [-0.05, 0) is 13.0 Å². The molecule has 1 atom stereocenters. The van der Waals surface area contributed by atoms with E-state index < -0.39 is 12.0 Å². The molecule has 0 amide bonds. The molecular weight excluding hydrogens is 158 g/mol. The topological polar surface area (TPSA) is 73.7 Å². The average Bonchev–Trinajstić information content (AvgIpc) is 2.06. The van der Waals surface area contributed by atoms with Crippen LogP contribution in [0.15, 0.2) is 16.9 Å². The lowest BCUT2D eigenvalue weighted by Gasteiger charge is -2.13. The second kappa shape index (κ2) is 3.75. The summed E-state index contributed by atoms with van der Waals surface area (Å²) in [7, 11) is 0. The standard InChI is InChI=1S/C7H11N3O2/c1-5(7(11)12)10-6-2-3-8-9-4-6/h2,4-5,8,10H,3H2,1H3,(H,11,12)/t5-/m0/s1. The molecule has 0 aromatic carbocycles. The molecule has 3 N–H and O–H groups in total. The van der Waals surface area contributed by atoms with Crippen LogP contribution in [0.1, 0.15) is 6.92 Å². The van der Waals surface area contributed by atoms with E-state index in [9.17, 15) is 4.79 Å². The third-order valence-corrected chi connectivity index (χ3v) is 1.46. The lowest BCUT2D eigenvalue weighted by molar-refractivity contribution is -0.138. The molecule has 0 saturated carbocycles. The highest BCUT2D eigenvalue weighted by Gasteiger charge is 2.10. The van der Waals surface area contributed by atoms with E-state index in [1.807, 2.05) is 6.08 Å². The fraction of sp³-hybridized carbons (Fsp3) is 0.429. The number of hydrogen-bond acceptors (Lipinski definition) is 4. The minimum Gasteiger partial charge on any atom is -0.480 e. The van der Waals surface area contributed by atoms with E-state index in [1.54, 1.807) is 13.1 Å².